The lowest BCUT2D eigenvalue weighted by atomic mass is 9.50. The number of hydrogen-bond donors (Lipinski definition) is 0. The fourth-order valence-corrected chi connectivity index (χ4v) is 1.76. The van der Waals surface area contributed by atoms with Gasteiger partial charge in [0.1, 0.15) is 0 Å². The zero-order valence-electron chi connectivity index (χ0n) is 8.88. The molecule has 0 saturated heterocycles. The van der Waals surface area contributed by atoms with Crippen molar-refractivity contribution >= 4 is 12.9 Å². The number of hydrogen-bond acceptors (Lipinski definition) is 1. The second kappa shape index (κ2) is 4.45. The molecule has 0 radical (unpaired) electrons. The largest absolute Gasteiger partial charge is 0.272 e. The molecule has 0 aliphatic carbocycles. The van der Waals surface area contributed by atoms with E-state index in [4.69, 9.17) is 0 Å². The summed E-state index contributed by atoms with van der Waals surface area (Å²) >= 11 is 0. The zero-order chi connectivity index (χ0) is 9.73. The van der Waals surface area contributed by atoms with Crippen LogP contribution in [-0.2, 0) is 0 Å². The van der Waals surface area contributed by atoms with Crippen molar-refractivity contribution in [3.8, 4) is 0 Å². The topological polar surface area (TPSA) is 12.9 Å². The second-order valence-corrected chi connectivity index (χ2v) is 4.41. The summed E-state index contributed by atoms with van der Waals surface area (Å²) in [5.74, 6) is 0. The Labute approximate surface area is 81.8 Å². The van der Waals surface area contributed by atoms with E-state index in [1.165, 1.54) is 18.4 Å². The van der Waals surface area contributed by atoms with Gasteiger partial charge in [0.2, 0.25) is 0 Å². The summed E-state index contributed by atoms with van der Waals surface area (Å²) in [7, 11) is 1.08. The molecule has 1 aromatic heterocycles. The van der Waals surface area contributed by atoms with Crippen LogP contribution in [0.1, 0.15) is 33.6 Å². The first kappa shape index (κ1) is 10.3. The van der Waals surface area contributed by atoms with Gasteiger partial charge in [-0.15, -0.1) is 0 Å². The smallest absolute Gasteiger partial charge is 0.188 e. The van der Waals surface area contributed by atoms with Gasteiger partial charge < -0.3 is 0 Å². The molecule has 0 aliphatic rings. The van der Waals surface area contributed by atoms with E-state index in [9.17, 15) is 0 Å². The quantitative estimate of drug-likeness (QED) is 0.639. The lowest BCUT2D eigenvalue weighted by molar-refractivity contribution is 0.595. The van der Waals surface area contributed by atoms with Gasteiger partial charge in [0.15, 0.2) is 7.28 Å². The molecule has 0 aromatic carbocycles. The molecule has 0 aliphatic heterocycles. The minimum absolute atomic E-state index is 0.392. The van der Waals surface area contributed by atoms with Crippen LogP contribution in [0.3, 0.4) is 0 Å². The van der Waals surface area contributed by atoms with Gasteiger partial charge in [-0.25, -0.2) is 0 Å². The van der Waals surface area contributed by atoms with E-state index < -0.39 is 0 Å². The van der Waals surface area contributed by atoms with Gasteiger partial charge in [-0.3, -0.25) is 4.98 Å². The van der Waals surface area contributed by atoms with Crippen LogP contribution >= 0.6 is 0 Å². The highest BCUT2D eigenvalue weighted by atomic mass is 14.6. The summed E-state index contributed by atoms with van der Waals surface area (Å²) in [5.41, 5.74) is 1.21. The molecule has 2 heteroatoms. The summed E-state index contributed by atoms with van der Waals surface area (Å²) in [6, 6.07) is 6.14. The minimum Gasteiger partial charge on any atom is -0.272 e. The Balaban J connectivity index is 2.58. The third kappa shape index (κ3) is 3.62. The maximum absolute atomic E-state index is 4.35. The molecule has 1 aromatic rings. The van der Waals surface area contributed by atoms with E-state index in [1.54, 1.807) is 0 Å². The van der Waals surface area contributed by atoms with Crippen molar-refractivity contribution in [1.82, 2.24) is 4.98 Å². The Kier molecular flexibility index (Phi) is 3.53. The molecule has 0 bridgehead atoms. The van der Waals surface area contributed by atoms with Crippen LogP contribution in [0, 0.1) is 0 Å². The van der Waals surface area contributed by atoms with E-state index in [1.807, 2.05) is 12.3 Å². The lowest BCUT2D eigenvalue weighted by Crippen LogP contribution is -2.27. The van der Waals surface area contributed by atoms with Crippen molar-refractivity contribution in [3.63, 3.8) is 0 Å². The van der Waals surface area contributed by atoms with Gasteiger partial charge in [0.05, 0.1) is 0 Å². The van der Waals surface area contributed by atoms with Gasteiger partial charge in [0, 0.05) is 11.8 Å². The van der Waals surface area contributed by atoms with Crippen LogP contribution in [0.5, 0.6) is 0 Å². The molecular weight excluding hydrogens is 157 g/mol. The highest BCUT2D eigenvalue weighted by molar-refractivity contribution is 6.55. The summed E-state index contributed by atoms with van der Waals surface area (Å²) in [6.45, 7) is 6.86. The average Bonchev–Trinajstić information content (AvgIpc) is 2.04. The molecule has 0 atom stereocenters. The van der Waals surface area contributed by atoms with Crippen LogP contribution in [-0.4, -0.2) is 12.3 Å². The van der Waals surface area contributed by atoms with Crippen molar-refractivity contribution in [2.24, 2.45) is 0 Å². The lowest BCUT2D eigenvalue weighted by Gasteiger charge is -2.21. The molecule has 0 unspecified atom stereocenters. The SMILES string of the molecule is CCCC(C)(C)Bc1ccccn1. The predicted octanol–water partition coefficient (Wildman–Crippen LogP) is 2.14. The molecule has 0 amide bonds. The fraction of sp³-hybridized carbons (Fsp3) is 0.545. The van der Waals surface area contributed by atoms with Crippen LogP contribution < -0.4 is 5.59 Å². The van der Waals surface area contributed by atoms with Crippen molar-refractivity contribution < 1.29 is 0 Å². The summed E-state index contributed by atoms with van der Waals surface area (Å²) < 4.78 is 0. The predicted molar refractivity (Wildman–Crippen MR) is 60.0 cm³/mol. The fourth-order valence-electron chi connectivity index (χ4n) is 1.76. The number of nitrogens with zero attached hydrogens (tertiary/aromatic N) is 1. The minimum atomic E-state index is 0.392. The normalized spacial score (nSPS) is 11.3. The average molecular weight is 175 g/mol. The molecule has 1 rings (SSSR count). The summed E-state index contributed by atoms with van der Waals surface area (Å²) in [6.07, 6.45) is 4.39. The summed E-state index contributed by atoms with van der Waals surface area (Å²) in [5, 5.41) is 0.392. The Bertz CT molecular complexity index is 244. The highest BCUT2D eigenvalue weighted by Gasteiger charge is 2.19. The van der Waals surface area contributed by atoms with E-state index in [2.05, 4.69) is 37.9 Å². The van der Waals surface area contributed by atoms with Crippen molar-refractivity contribution in [2.45, 2.75) is 38.9 Å². The highest BCUT2D eigenvalue weighted by Crippen LogP contribution is 2.28. The van der Waals surface area contributed by atoms with Crippen LogP contribution in [0.4, 0.5) is 0 Å². The molecule has 0 N–H and O–H groups in total. The molecule has 0 saturated carbocycles. The molecule has 70 valence electrons. The third-order valence-electron chi connectivity index (χ3n) is 2.31. The first-order valence-electron chi connectivity index (χ1n) is 5.04. The standard InChI is InChI=1S/C11H18BN/c1-4-8-11(2,3)12-10-7-5-6-9-13-10/h5-7,9,12H,4,8H2,1-3H3. The maximum Gasteiger partial charge on any atom is 0.188 e. The monoisotopic (exact) mass is 175 g/mol. The van der Waals surface area contributed by atoms with Gasteiger partial charge in [-0.2, -0.15) is 0 Å². The first-order chi connectivity index (χ1) is 6.14. The van der Waals surface area contributed by atoms with Crippen molar-refractivity contribution in [1.29, 1.82) is 0 Å². The molecule has 1 nitrogen and oxygen atoms in total. The van der Waals surface area contributed by atoms with E-state index in [0.29, 0.717) is 5.31 Å². The van der Waals surface area contributed by atoms with Gasteiger partial charge in [-0.1, -0.05) is 51.1 Å². The van der Waals surface area contributed by atoms with Crippen LogP contribution in [0.15, 0.2) is 24.4 Å². The Morgan fingerprint density at radius 1 is 1.38 bits per heavy atom. The van der Waals surface area contributed by atoms with Gasteiger partial charge in [-0.05, 0) is 6.07 Å². The number of pyridine rings is 1. The van der Waals surface area contributed by atoms with E-state index in [-0.39, 0.29) is 0 Å². The second-order valence-electron chi connectivity index (χ2n) is 4.41. The van der Waals surface area contributed by atoms with Crippen LogP contribution in [0.2, 0.25) is 5.31 Å². The molecule has 0 spiro atoms. The van der Waals surface area contributed by atoms with Crippen molar-refractivity contribution in [2.75, 3.05) is 0 Å². The number of aromatic nitrogens is 1. The van der Waals surface area contributed by atoms with Crippen molar-refractivity contribution in [3.05, 3.63) is 24.4 Å². The Hall–Kier alpha value is -0.785. The molecule has 1 heterocycles. The number of rotatable bonds is 4. The molecule has 13 heavy (non-hydrogen) atoms. The van der Waals surface area contributed by atoms with E-state index >= 15 is 0 Å². The first-order valence-corrected chi connectivity index (χ1v) is 5.04. The van der Waals surface area contributed by atoms with Gasteiger partial charge in [0.25, 0.3) is 0 Å². The summed E-state index contributed by atoms with van der Waals surface area (Å²) in [4.78, 5) is 4.35. The Morgan fingerprint density at radius 2 is 2.15 bits per heavy atom. The molecule has 0 fully saturated rings. The van der Waals surface area contributed by atoms with Crippen LogP contribution in [0.25, 0.3) is 0 Å². The van der Waals surface area contributed by atoms with E-state index in [0.717, 1.165) is 7.28 Å². The Morgan fingerprint density at radius 3 is 2.69 bits per heavy atom. The zero-order valence-corrected chi connectivity index (χ0v) is 8.88. The third-order valence-corrected chi connectivity index (χ3v) is 2.31. The maximum atomic E-state index is 4.35. The van der Waals surface area contributed by atoms with Gasteiger partial charge >= 0.3 is 0 Å². The molecular formula is C11H18BN.